The topological polar surface area (TPSA) is 14.1 Å². The van der Waals surface area contributed by atoms with E-state index in [0.29, 0.717) is 0 Å². The van der Waals surface area contributed by atoms with Gasteiger partial charge in [-0.3, -0.25) is 0 Å². The van der Waals surface area contributed by atoms with Gasteiger partial charge in [0, 0.05) is 0 Å². The minimum absolute atomic E-state index is 1.10. The van der Waals surface area contributed by atoms with Crippen LogP contribution in [0.4, 0.5) is 5.69 Å². The first kappa shape index (κ1) is 8.67. The Hall–Kier alpha value is -0.422. The summed E-state index contributed by atoms with van der Waals surface area (Å²) in [5.74, 6) is 0. The predicted molar refractivity (Wildman–Crippen MR) is 45.2 cm³/mol. The molecule has 0 radical (unpaired) electrons. The van der Waals surface area contributed by atoms with E-state index in [1.807, 2.05) is 19.2 Å². The van der Waals surface area contributed by atoms with Crippen LogP contribution in [0, 0.1) is 0 Å². The van der Waals surface area contributed by atoms with Crippen LogP contribution >= 0.6 is 0 Å². The van der Waals surface area contributed by atoms with Gasteiger partial charge in [0.1, 0.15) is 0 Å². The van der Waals surface area contributed by atoms with Gasteiger partial charge in [0.2, 0.25) is 0 Å². The molecule has 0 aliphatic carbocycles. The van der Waals surface area contributed by atoms with E-state index in [1.54, 1.807) is 0 Å². The second-order valence-electron chi connectivity index (χ2n) is 2.30. The fourth-order valence-corrected chi connectivity index (χ4v) is 1.59. The van der Waals surface area contributed by atoms with Crippen molar-refractivity contribution in [3.05, 3.63) is 35.1 Å². The average Bonchev–Trinajstić information content (AvgIpc) is 2.04. The molecule has 0 N–H and O–H groups in total. The van der Waals surface area contributed by atoms with E-state index < -0.39 is 0 Å². The molecule has 0 bridgehead atoms. The van der Waals surface area contributed by atoms with E-state index in [4.69, 9.17) is 0 Å². The Labute approximate surface area is 78.2 Å². The quantitative estimate of drug-likeness (QED) is 0.796. The van der Waals surface area contributed by atoms with Crippen molar-refractivity contribution in [3.63, 3.8) is 0 Å². The summed E-state index contributed by atoms with van der Waals surface area (Å²) in [5, 5.41) is 4.18. The summed E-state index contributed by atoms with van der Waals surface area (Å²) in [7, 11) is 1.83. The Kier molecular flexibility index (Phi) is 3.01. The number of rotatable bonds is 2. The van der Waals surface area contributed by atoms with Crippen molar-refractivity contribution in [2.45, 2.75) is 6.92 Å². The molecule has 1 aromatic carbocycles. The second-order valence-corrected chi connectivity index (χ2v) is 4.50. The Balaban J connectivity index is 3.12. The van der Waals surface area contributed by atoms with Gasteiger partial charge in [0.05, 0.1) is 0 Å². The molecule has 0 fully saturated rings. The minimum atomic E-state index is 1.10. The van der Waals surface area contributed by atoms with Crippen molar-refractivity contribution in [2.24, 2.45) is 0 Å². The van der Waals surface area contributed by atoms with Crippen molar-refractivity contribution in [2.75, 3.05) is 7.05 Å². The van der Waals surface area contributed by atoms with Gasteiger partial charge >= 0.3 is 78.1 Å². The van der Waals surface area contributed by atoms with Crippen LogP contribution < -0.4 is 0 Å². The van der Waals surface area contributed by atoms with Crippen LogP contribution in [0.15, 0.2) is 24.3 Å². The van der Waals surface area contributed by atoms with Crippen LogP contribution in [0.2, 0.25) is 0 Å². The van der Waals surface area contributed by atoms with Gasteiger partial charge < -0.3 is 0 Å². The normalized spacial score (nSPS) is 9.27. The molecule has 0 atom stereocenters. The summed E-state index contributed by atoms with van der Waals surface area (Å²) in [5.41, 5.74) is 2.38. The van der Waals surface area contributed by atoms with Crippen LogP contribution in [0.5, 0.6) is 0 Å². The first-order chi connectivity index (χ1) is 5.25. The number of nitrogens with zero attached hydrogens (tertiary/aromatic N) is 1. The van der Waals surface area contributed by atoms with Crippen molar-refractivity contribution < 1.29 is 19.4 Å². The maximum atomic E-state index is 4.18. The molecule has 0 spiro atoms. The van der Waals surface area contributed by atoms with Gasteiger partial charge in [-0.2, -0.15) is 0 Å². The van der Waals surface area contributed by atoms with Gasteiger partial charge in [-0.15, -0.1) is 0 Å². The molecule has 0 aliphatic heterocycles. The van der Waals surface area contributed by atoms with E-state index >= 15 is 0 Å². The van der Waals surface area contributed by atoms with Crippen LogP contribution in [0.25, 0.3) is 5.32 Å². The molecule has 0 amide bonds. The van der Waals surface area contributed by atoms with E-state index in [0.717, 1.165) is 5.69 Å². The monoisotopic (exact) mass is 316 g/mol. The average molecular weight is 316 g/mol. The van der Waals surface area contributed by atoms with Gasteiger partial charge in [0.25, 0.3) is 0 Å². The molecule has 0 saturated heterocycles. The van der Waals surface area contributed by atoms with Gasteiger partial charge in [-0.25, -0.2) is 0 Å². The number of hydrogen-bond donors (Lipinski definition) is 0. The molecule has 11 heavy (non-hydrogen) atoms. The fourth-order valence-electron chi connectivity index (χ4n) is 0.966. The summed E-state index contributed by atoms with van der Waals surface area (Å²) >= 11 is 1.51. The first-order valence-corrected chi connectivity index (χ1v) is 4.92. The third-order valence-electron chi connectivity index (χ3n) is 1.52. The molecule has 0 unspecified atom stereocenters. The Morgan fingerprint density at radius 2 is 2.00 bits per heavy atom. The van der Waals surface area contributed by atoms with E-state index in [9.17, 15) is 0 Å². The summed E-state index contributed by atoms with van der Waals surface area (Å²) in [6.07, 6.45) is 0. The summed E-state index contributed by atoms with van der Waals surface area (Å²) in [4.78, 5) is 0. The molecular formula is C9H10NW-. The molecule has 0 aliphatic rings. The van der Waals surface area contributed by atoms with Gasteiger partial charge in [-0.1, -0.05) is 0 Å². The molecule has 0 aromatic heterocycles. The van der Waals surface area contributed by atoms with Crippen LogP contribution in [0.3, 0.4) is 0 Å². The van der Waals surface area contributed by atoms with Crippen molar-refractivity contribution in [1.29, 1.82) is 0 Å². The first-order valence-electron chi connectivity index (χ1n) is 3.45. The molecule has 0 heterocycles. The molecule has 1 nitrogen and oxygen atoms in total. The molecule has 1 aromatic rings. The summed E-state index contributed by atoms with van der Waals surface area (Å²) < 4.78 is 1.39. The maximum absolute atomic E-state index is 4.18. The standard InChI is InChI=1S/C9H10N.W/c1-3-8-6-4-5-7-9(8)10-2;/h4-7H,1-2H3;/q-1;. The SMILES string of the molecule is C[N-]c1ccccc1[C](C)=[W]. The Morgan fingerprint density at radius 3 is 2.45 bits per heavy atom. The summed E-state index contributed by atoms with van der Waals surface area (Å²) in [6.45, 7) is 2.14. The molecule has 1 rings (SSSR count). The molecule has 2 heteroatoms. The second kappa shape index (κ2) is 3.82. The molecule has 0 saturated carbocycles. The zero-order chi connectivity index (χ0) is 8.27. The predicted octanol–water partition coefficient (Wildman–Crippen LogP) is 2.41. The zero-order valence-electron chi connectivity index (χ0n) is 6.66. The Bertz CT molecular complexity index is 268. The third-order valence-corrected chi connectivity index (χ3v) is 2.31. The van der Waals surface area contributed by atoms with Crippen molar-refractivity contribution in [3.8, 4) is 0 Å². The third kappa shape index (κ3) is 2.00. The fraction of sp³-hybridized carbons (Fsp3) is 0.222. The van der Waals surface area contributed by atoms with Crippen LogP contribution in [-0.2, 0) is 19.4 Å². The van der Waals surface area contributed by atoms with Crippen molar-refractivity contribution >= 4 is 9.59 Å². The molecule has 58 valence electrons. The summed E-state index contributed by atoms with van der Waals surface area (Å²) in [6, 6.07) is 8.23. The molecular weight excluding hydrogens is 306 g/mol. The van der Waals surface area contributed by atoms with E-state index in [-0.39, 0.29) is 0 Å². The van der Waals surface area contributed by atoms with E-state index in [1.165, 1.54) is 28.8 Å². The van der Waals surface area contributed by atoms with Crippen LogP contribution in [0.1, 0.15) is 12.5 Å². The number of hydrogen-bond acceptors (Lipinski definition) is 0. The van der Waals surface area contributed by atoms with Crippen molar-refractivity contribution in [1.82, 2.24) is 0 Å². The Morgan fingerprint density at radius 1 is 1.36 bits per heavy atom. The zero-order valence-corrected chi connectivity index (χ0v) is 9.60. The van der Waals surface area contributed by atoms with Gasteiger partial charge in [-0.05, 0) is 0 Å². The van der Waals surface area contributed by atoms with E-state index in [2.05, 4.69) is 24.4 Å². The van der Waals surface area contributed by atoms with Crippen LogP contribution in [-0.4, -0.2) is 10.9 Å². The van der Waals surface area contributed by atoms with Gasteiger partial charge in [0.15, 0.2) is 0 Å². The number of benzene rings is 1. The number of para-hydroxylation sites is 1.